The van der Waals surface area contributed by atoms with Gasteiger partial charge in [0.25, 0.3) is 0 Å². The second-order valence-electron chi connectivity index (χ2n) is 5.66. The van der Waals surface area contributed by atoms with Crippen molar-refractivity contribution in [2.24, 2.45) is 0 Å². The fraction of sp³-hybridized carbons (Fsp3) is 0.857. The Kier molecular flexibility index (Phi) is 4.23. The van der Waals surface area contributed by atoms with Crippen molar-refractivity contribution in [1.82, 2.24) is 4.90 Å². The van der Waals surface area contributed by atoms with Gasteiger partial charge in [-0.3, -0.25) is 4.90 Å². The Bertz CT molecular complexity index is 288. The molecule has 0 saturated carbocycles. The average Bonchev–Trinajstić information content (AvgIpc) is 2.80. The minimum absolute atomic E-state index is 0.263. The van der Waals surface area contributed by atoms with Crippen LogP contribution in [0.25, 0.3) is 0 Å². The van der Waals surface area contributed by atoms with Crippen molar-refractivity contribution >= 4 is 0 Å². The first-order valence-electron chi connectivity index (χ1n) is 6.82. The van der Waals surface area contributed by atoms with Crippen LogP contribution in [0.15, 0.2) is 11.6 Å². The molecule has 2 rings (SSSR count). The van der Waals surface area contributed by atoms with Gasteiger partial charge in [0.2, 0.25) is 0 Å². The number of nitrogens with zero attached hydrogens (tertiary/aromatic N) is 1. The molecule has 0 spiro atoms. The molecular weight excluding hydrogens is 214 g/mol. The lowest BCUT2D eigenvalue weighted by Gasteiger charge is -2.32. The molecule has 0 aliphatic carbocycles. The van der Waals surface area contributed by atoms with Gasteiger partial charge in [-0.05, 0) is 46.1 Å². The van der Waals surface area contributed by atoms with E-state index in [0.29, 0.717) is 6.10 Å². The van der Waals surface area contributed by atoms with Gasteiger partial charge in [-0.15, -0.1) is 0 Å². The molecule has 1 N–H and O–H groups in total. The standard InChI is InChI=1S/C14H25NO2/c1-12(2)17-11-14-6-4-7-15(14)10-13(9-14)5-3-8-16/h5,12,16H,3-4,6-11H2,1-2H3/b13-5-. The van der Waals surface area contributed by atoms with Crippen molar-refractivity contribution in [3.8, 4) is 0 Å². The molecule has 17 heavy (non-hydrogen) atoms. The normalized spacial score (nSPS) is 31.6. The lowest BCUT2D eigenvalue weighted by Crippen LogP contribution is -2.43. The molecule has 0 bridgehead atoms. The molecule has 0 aromatic heterocycles. The van der Waals surface area contributed by atoms with Crippen LogP contribution in [0, 0.1) is 0 Å². The third-order valence-electron chi connectivity index (χ3n) is 3.94. The third kappa shape index (κ3) is 2.90. The van der Waals surface area contributed by atoms with Crippen LogP contribution in [0.3, 0.4) is 0 Å². The van der Waals surface area contributed by atoms with Gasteiger partial charge in [0.05, 0.1) is 12.7 Å². The highest BCUT2D eigenvalue weighted by Crippen LogP contribution is 2.41. The zero-order valence-corrected chi connectivity index (χ0v) is 11.1. The van der Waals surface area contributed by atoms with Gasteiger partial charge in [-0.1, -0.05) is 11.6 Å². The summed E-state index contributed by atoms with van der Waals surface area (Å²) in [6, 6.07) is 0. The highest BCUT2D eigenvalue weighted by Gasteiger charge is 2.46. The van der Waals surface area contributed by atoms with Crippen molar-refractivity contribution < 1.29 is 9.84 Å². The molecule has 2 aliphatic rings. The largest absolute Gasteiger partial charge is 0.396 e. The number of aliphatic hydroxyl groups excluding tert-OH is 1. The molecule has 3 heteroatoms. The van der Waals surface area contributed by atoms with E-state index in [1.54, 1.807) is 0 Å². The quantitative estimate of drug-likeness (QED) is 0.744. The topological polar surface area (TPSA) is 32.7 Å². The van der Waals surface area contributed by atoms with E-state index in [-0.39, 0.29) is 12.1 Å². The molecule has 0 amide bonds. The summed E-state index contributed by atoms with van der Waals surface area (Å²) < 4.78 is 5.86. The van der Waals surface area contributed by atoms with Crippen LogP contribution in [0.4, 0.5) is 0 Å². The summed E-state index contributed by atoms with van der Waals surface area (Å²) in [5, 5.41) is 8.89. The molecule has 98 valence electrons. The first-order chi connectivity index (χ1) is 8.16. The summed E-state index contributed by atoms with van der Waals surface area (Å²) in [5.41, 5.74) is 1.76. The zero-order chi connectivity index (χ0) is 12.3. The Morgan fingerprint density at radius 2 is 2.35 bits per heavy atom. The Hall–Kier alpha value is -0.380. The van der Waals surface area contributed by atoms with E-state index >= 15 is 0 Å². The minimum atomic E-state index is 0.263. The first-order valence-corrected chi connectivity index (χ1v) is 6.82. The van der Waals surface area contributed by atoms with Gasteiger partial charge < -0.3 is 9.84 Å². The second-order valence-corrected chi connectivity index (χ2v) is 5.66. The van der Waals surface area contributed by atoms with Crippen molar-refractivity contribution in [2.75, 3.05) is 26.3 Å². The van der Waals surface area contributed by atoms with Crippen molar-refractivity contribution in [3.63, 3.8) is 0 Å². The van der Waals surface area contributed by atoms with E-state index in [9.17, 15) is 0 Å². The van der Waals surface area contributed by atoms with Gasteiger partial charge in [0, 0.05) is 18.7 Å². The highest BCUT2D eigenvalue weighted by molar-refractivity contribution is 5.20. The summed E-state index contributed by atoms with van der Waals surface area (Å²) in [6.45, 7) is 7.63. The predicted molar refractivity (Wildman–Crippen MR) is 69.0 cm³/mol. The molecule has 2 aliphatic heterocycles. The molecule has 0 aromatic rings. The van der Waals surface area contributed by atoms with E-state index in [0.717, 1.165) is 26.0 Å². The number of rotatable bonds is 5. The monoisotopic (exact) mass is 239 g/mol. The molecule has 2 heterocycles. The van der Waals surface area contributed by atoms with Crippen LogP contribution in [-0.4, -0.2) is 48.0 Å². The maximum absolute atomic E-state index is 8.89. The highest BCUT2D eigenvalue weighted by atomic mass is 16.5. The van der Waals surface area contributed by atoms with Crippen molar-refractivity contribution in [2.45, 2.75) is 51.2 Å². The van der Waals surface area contributed by atoms with Crippen LogP contribution in [0.5, 0.6) is 0 Å². The number of aliphatic hydroxyl groups is 1. The van der Waals surface area contributed by atoms with Gasteiger partial charge >= 0.3 is 0 Å². The lowest BCUT2D eigenvalue weighted by atomic mass is 9.93. The molecule has 0 radical (unpaired) electrons. The minimum Gasteiger partial charge on any atom is -0.396 e. The molecular formula is C14H25NO2. The van der Waals surface area contributed by atoms with E-state index in [4.69, 9.17) is 9.84 Å². The number of hydrogen-bond donors (Lipinski definition) is 1. The number of hydrogen-bond acceptors (Lipinski definition) is 3. The van der Waals surface area contributed by atoms with Gasteiger partial charge in [0.1, 0.15) is 0 Å². The zero-order valence-electron chi connectivity index (χ0n) is 11.1. The van der Waals surface area contributed by atoms with E-state index in [2.05, 4.69) is 24.8 Å². The summed E-state index contributed by atoms with van der Waals surface area (Å²) >= 11 is 0. The Balaban J connectivity index is 1.99. The van der Waals surface area contributed by atoms with Crippen LogP contribution in [0.2, 0.25) is 0 Å². The van der Waals surface area contributed by atoms with Gasteiger partial charge in [0.15, 0.2) is 0 Å². The molecule has 2 fully saturated rings. The fourth-order valence-corrected chi connectivity index (χ4v) is 3.11. The van der Waals surface area contributed by atoms with E-state index < -0.39 is 0 Å². The number of fused-ring (bicyclic) bond motifs is 1. The smallest absolute Gasteiger partial charge is 0.0657 e. The number of ether oxygens (including phenoxy) is 1. The lowest BCUT2D eigenvalue weighted by molar-refractivity contribution is 0.00328. The summed E-state index contributed by atoms with van der Waals surface area (Å²) in [5.74, 6) is 0. The van der Waals surface area contributed by atoms with Crippen LogP contribution in [-0.2, 0) is 4.74 Å². The van der Waals surface area contributed by atoms with E-state index in [1.165, 1.54) is 25.0 Å². The average molecular weight is 239 g/mol. The summed E-state index contributed by atoms with van der Waals surface area (Å²) in [7, 11) is 0. The van der Waals surface area contributed by atoms with Gasteiger partial charge in [-0.2, -0.15) is 0 Å². The summed E-state index contributed by atoms with van der Waals surface area (Å²) in [6.07, 6.45) is 7.03. The first kappa shape index (κ1) is 13.1. The fourth-order valence-electron chi connectivity index (χ4n) is 3.11. The van der Waals surface area contributed by atoms with Crippen molar-refractivity contribution in [3.05, 3.63) is 11.6 Å². The van der Waals surface area contributed by atoms with Gasteiger partial charge in [-0.25, -0.2) is 0 Å². The predicted octanol–water partition coefficient (Wildman–Crippen LogP) is 1.96. The van der Waals surface area contributed by atoms with Crippen LogP contribution in [0.1, 0.15) is 39.5 Å². The van der Waals surface area contributed by atoms with Crippen LogP contribution >= 0.6 is 0 Å². The SMILES string of the molecule is CC(C)OCC12CCCN1C/C(=C\CCO)C2. The van der Waals surface area contributed by atoms with Crippen LogP contribution < -0.4 is 0 Å². The maximum atomic E-state index is 8.89. The second kappa shape index (κ2) is 5.51. The van der Waals surface area contributed by atoms with E-state index in [1.807, 2.05) is 0 Å². The molecule has 0 aromatic carbocycles. The molecule has 1 atom stereocenters. The summed E-state index contributed by atoms with van der Waals surface area (Å²) in [4.78, 5) is 2.58. The Morgan fingerprint density at radius 1 is 1.53 bits per heavy atom. The molecule has 3 nitrogen and oxygen atoms in total. The maximum Gasteiger partial charge on any atom is 0.0657 e. The molecule has 2 saturated heterocycles. The Morgan fingerprint density at radius 3 is 3.06 bits per heavy atom. The van der Waals surface area contributed by atoms with Crippen molar-refractivity contribution in [1.29, 1.82) is 0 Å². The third-order valence-corrected chi connectivity index (χ3v) is 3.94. The molecule has 1 unspecified atom stereocenters. The Labute approximate surface area is 104 Å².